The second kappa shape index (κ2) is 10.9. The molecule has 0 aromatic heterocycles. The van der Waals surface area contributed by atoms with Gasteiger partial charge in [0.2, 0.25) is 0 Å². The number of methoxy groups -OCH3 is 1. The molecule has 1 aliphatic heterocycles. The molecule has 0 radical (unpaired) electrons. The van der Waals surface area contributed by atoms with Gasteiger partial charge in [-0.1, -0.05) is 60.7 Å². The van der Waals surface area contributed by atoms with Crippen LogP contribution in [0.5, 0.6) is 11.5 Å². The van der Waals surface area contributed by atoms with Gasteiger partial charge in [-0.2, -0.15) is 0 Å². The number of carbonyl (C=O) groups excluding carboxylic acids is 2. The summed E-state index contributed by atoms with van der Waals surface area (Å²) in [5.74, 6) is -0.463. The number of rotatable bonds is 7. The molecule has 0 aliphatic carbocycles. The first kappa shape index (κ1) is 25.8. The normalized spacial score (nSPS) is 16.4. The number of aliphatic hydroxyl groups is 1. The van der Waals surface area contributed by atoms with E-state index in [4.69, 9.17) is 9.47 Å². The fraction of sp³-hybridized carbons (Fsp3) is 0.152. The number of ketones is 1. The number of Topliss-reactive ketones (excluding diaryl/α,β-unsaturated/α-hetero) is 1. The smallest absolute Gasteiger partial charge is 0.300 e. The van der Waals surface area contributed by atoms with E-state index in [0.29, 0.717) is 29.4 Å². The van der Waals surface area contributed by atoms with Crippen LogP contribution in [0, 0.1) is 13.8 Å². The van der Waals surface area contributed by atoms with Crippen LogP contribution in [0.25, 0.3) is 5.76 Å². The van der Waals surface area contributed by atoms with Gasteiger partial charge < -0.3 is 14.6 Å². The molecule has 39 heavy (non-hydrogen) atoms. The second-order valence-electron chi connectivity index (χ2n) is 9.48. The molecule has 0 bridgehead atoms. The Morgan fingerprint density at radius 3 is 2.31 bits per heavy atom. The molecule has 1 fully saturated rings. The van der Waals surface area contributed by atoms with Crippen molar-refractivity contribution in [2.45, 2.75) is 26.5 Å². The van der Waals surface area contributed by atoms with Crippen molar-refractivity contribution in [2.75, 3.05) is 12.0 Å². The molecular weight excluding hydrogens is 490 g/mol. The molecule has 1 heterocycles. The Hall–Kier alpha value is -4.84. The highest BCUT2D eigenvalue weighted by atomic mass is 16.5. The summed E-state index contributed by atoms with van der Waals surface area (Å²) < 4.78 is 11.3. The molecule has 1 atom stereocenters. The van der Waals surface area contributed by atoms with E-state index in [2.05, 4.69) is 0 Å². The van der Waals surface area contributed by atoms with Gasteiger partial charge in [0.15, 0.2) is 0 Å². The van der Waals surface area contributed by atoms with Crippen LogP contribution in [0.2, 0.25) is 0 Å². The SMILES string of the molecule is COc1cccc(N2C(=O)C(=O)/C(=C(/O)c3ccc(OCc4ccccc4)c(C)c3)C2c2ccccc2C)c1. The summed E-state index contributed by atoms with van der Waals surface area (Å²) in [5, 5.41) is 11.5. The third-order valence-electron chi connectivity index (χ3n) is 6.94. The zero-order valence-electron chi connectivity index (χ0n) is 22.0. The highest BCUT2D eigenvalue weighted by molar-refractivity contribution is 6.51. The molecule has 196 valence electrons. The number of carbonyl (C=O) groups is 2. The van der Waals surface area contributed by atoms with E-state index in [1.807, 2.05) is 68.4 Å². The molecule has 6 heteroatoms. The van der Waals surface area contributed by atoms with Crippen molar-refractivity contribution >= 4 is 23.1 Å². The van der Waals surface area contributed by atoms with Crippen LogP contribution >= 0.6 is 0 Å². The van der Waals surface area contributed by atoms with Gasteiger partial charge in [-0.05, 0) is 66.4 Å². The predicted molar refractivity (Wildman–Crippen MR) is 151 cm³/mol. The summed E-state index contributed by atoms with van der Waals surface area (Å²) >= 11 is 0. The maximum atomic E-state index is 13.5. The molecule has 5 rings (SSSR count). The summed E-state index contributed by atoms with van der Waals surface area (Å²) in [6.07, 6.45) is 0. The molecule has 6 nitrogen and oxygen atoms in total. The molecule has 1 saturated heterocycles. The Labute approximate surface area is 227 Å². The quantitative estimate of drug-likeness (QED) is 0.171. The lowest BCUT2D eigenvalue weighted by Gasteiger charge is -2.27. The van der Waals surface area contributed by atoms with Gasteiger partial charge in [0.05, 0.1) is 18.7 Å². The summed E-state index contributed by atoms with van der Waals surface area (Å²) in [6, 6.07) is 28.8. The van der Waals surface area contributed by atoms with E-state index in [1.165, 1.54) is 4.90 Å². The summed E-state index contributed by atoms with van der Waals surface area (Å²) in [7, 11) is 1.54. The summed E-state index contributed by atoms with van der Waals surface area (Å²) in [4.78, 5) is 28.4. The second-order valence-corrected chi connectivity index (χ2v) is 9.48. The number of amides is 1. The Morgan fingerprint density at radius 2 is 1.59 bits per heavy atom. The minimum Gasteiger partial charge on any atom is -0.507 e. The van der Waals surface area contributed by atoms with Crippen molar-refractivity contribution in [2.24, 2.45) is 0 Å². The van der Waals surface area contributed by atoms with Crippen LogP contribution in [0.4, 0.5) is 5.69 Å². The van der Waals surface area contributed by atoms with E-state index < -0.39 is 17.7 Å². The number of aryl methyl sites for hydroxylation is 2. The first-order valence-corrected chi connectivity index (χ1v) is 12.7. The fourth-order valence-corrected chi connectivity index (χ4v) is 4.90. The van der Waals surface area contributed by atoms with Crippen molar-refractivity contribution < 1.29 is 24.2 Å². The standard InChI is InChI=1S/C33H29NO5/c1-21-10-7-8-15-27(21)30-29(32(36)33(37)34(30)25-13-9-14-26(19-25)38-3)31(35)24-16-17-28(22(2)18-24)39-20-23-11-5-4-6-12-23/h4-19,30,35H,20H2,1-3H3/b31-29+. The number of anilines is 1. The Bertz CT molecular complexity index is 1570. The zero-order chi connectivity index (χ0) is 27.5. The average molecular weight is 520 g/mol. The largest absolute Gasteiger partial charge is 0.507 e. The molecular formula is C33H29NO5. The lowest BCUT2D eigenvalue weighted by molar-refractivity contribution is -0.132. The third-order valence-corrected chi connectivity index (χ3v) is 6.94. The van der Waals surface area contributed by atoms with Crippen LogP contribution < -0.4 is 14.4 Å². The van der Waals surface area contributed by atoms with Gasteiger partial charge in [0.25, 0.3) is 11.7 Å². The zero-order valence-corrected chi connectivity index (χ0v) is 22.0. The van der Waals surface area contributed by atoms with E-state index in [1.54, 1.807) is 49.6 Å². The highest BCUT2D eigenvalue weighted by Crippen LogP contribution is 2.44. The molecule has 1 N–H and O–H groups in total. The highest BCUT2D eigenvalue weighted by Gasteiger charge is 2.47. The van der Waals surface area contributed by atoms with Crippen molar-refractivity contribution in [3.63, 3.8) is 0 Å². The Balaban J connectivity index is 1.58. The minimum atomic E-state index is -0.812. The molecule has 1 aliphatic rings. The molecule has 0 saturated carbocycles. The number of ether oxygens (including phenoxy) is 2. The lowest BCUT2D eigenvalue weighted by Crippen LogP contribution is -2.29. The Morgan fingerprint density at radius 1 is 0.846 bits per heavy atom. The summed E-state index contributed by atoms with van der Waals surface area (Å²) in [5.41, 5.74) is 4.45. The minimum absolute atomic E-state index is 0.0365. The van der Waals surface area contributed by atoms with Crippen molar-refractivity contribution in [3.8, 4) is 11.5 Å². The van der Waals surface area contributed by atoms with E-state index in [9.17, 15) is 14.7 Å². The van der Waals surface area contributed by atoms with E-state index >= 15 is 0 Å². The van der Waals surface area contributed by atoms with Gasteiger partial charge in [0.1, 0.15) is 23.9 Å². The van der Waals surface area contributed by atoms with Crippen LogP contribution in [-0.2, 0) is 16.2 Å². The van der Waals surface area contributed by atoms with E-state index in [0.717, 1.165) is 22.3 Å². The van der Waals surface area contributed by atoms with Gasteiger partial charge >= 0.3 is 0 Å². The van der Waals surface area contributed by atoms with Crippen LogP contribution in [0.3, 0.4) is 0 Å². The van der Waals surface area contributed by atoms with Crippen LogP contribution in [0.1, 0.15) is 33.9 Å². The molecule has 0 spiro atoms. The predicted octanol–water partition coefficient (Wildman–Crippen LogP) is 6.52. The number of aliphatic hydroxyl groups excluding tert-OH is 1. The third kappa shape index (κ3) is 5.01. The summed E-state index contributed by atoms with van der Waals surface area (Å²) in [6.45, 7) is 4.21. The molecule has 1 amide bonds. The number of nitrogens with zero attached hydrogens (tertiary/aromatic N) is 1. The van der Waals surface area contributed by atoms with Crippen molar-refractivity contribution in [3.05, 3.63) is 130 Å². The monoisotopic (exact) mass is 519 g/mol. The first-order valence-electron chi connectivity index (χ1n) is 12.7. The Kier molecular flexibility index (Phi) is 7.19. The topological polar surface area (TPSA) is 76.1 Å². The van der Waals surface area contributed by atoms with Crippen LogP contribution in [0.15, 0.2) is 103 Å². The van der Waals surface area contributed by atoms with Crippen molar-refractivity contribution in [1.82, 2.24) is 0 Å². The molecule has 4 aromatic rings. The van der Waals surface area contributed by atoms with Gasteiger partial charge in [-0.25, -0.2) is 0 Å². The molecule has 4 aromatic carbocycles. The van der Waals surface area contributed by atoms with Gasteiger partial charge in [-0.3, -0.25) is 14.5 Å². The lowest BCUT2D eigenvalue weighted by atomic mass is 9.92. The number of benzene rings is 4. The fourth-order valence-electron chi connectivity index (χ4n) is 4.90. The van der Waals surface area contributed by atoms with Crippen molar-refractivity contribution in [1.29, 1.82) is 0 Å². The van der Waals surface area contributed by atoms with Gasteiger partial charge in [0, 0.05) is 17.3 Å². The van der Waals surface area contributed by atoms with Crippen LogP contribution in [-0.4, -0.2) is 23.9 Å². The average Bonchev–Trinajstić information content (AvgIpc) is 3.22. The number of hydrogen-bond acceptors (Lipinski definition) is 5. The maximum absolute atomic E-state index is 13.5. The first-order chi connectivity index (χ1) is 18.9. The maximum Gasteiger partial charge on any atom is 0.300 e. The molecule has 1 unspecified atom stereocenters. The number of hydrogen-bond donors (Lipinski definition) is 1. The van der Waals surface area contributed by atoms with Gasteiger partial charge in [-0.15, -0.1) is 0 Å². The van der Waals surface area contributed by atoms with E-state index in [-0.39, 0.29) is 11.3 Å².